The number of aliphatic imine (C=N–C) groups is 1. The molecule has 2 fully saturated rings. The maximum atomic E-state index is 4.43. The van der Waals surface area contributed by atoms with Crippen LogP contribution in [0, 0.1) is 5.41 Å². The van der Waals surface area contributed by atoms with E-state index in [-0.39, 0.29) is 5.54 Å². The quantitative estimate of drug-likeness (QED) is 0.465. The van der Waals surface area contributed by atoms with Crippen molar-refractivity contribution in [3.05, 3.63) is 0 Å². The topological polar surface area (TPSA) is 39.7 Å². The van der Waals surface area contributed by atoms with Gasteiger partial charge in [0.25, 0.3) is 0 Å². The molecule has 0 bridgehead atoms. The van der Waals surface area contributed by atoms with Gasteiger partial charge in [-0.25, -0.2) is 0 Å². The molecule has 0 aromatic heterocycles. The molecule has 1 aliphatic heterocycles. The number of nitrogens with one attached hydrogen (secondary N) is 2. The molecule has 0 aromatic carbocycles. The van der Waals surface area contributed by atoms with E-state index in [9.17, 15) is 0 Å². The van der Waals surface area contributed by atoms with Crippen molar-refractivity contribution in [2.45, 2.75) is 52.0 Å². The minimum atomic E-state index is 0.189. The van der Waals surface area contributed by atoms with Crippen LogP contribution in [0.25, 0.3) is 0 Å². The molecule has 0 radical (unpaired) electrons. The zero-order valence-electron chi connectivity index (χ0n) is 13.1. The van der Waals surface area contributed by atoms with E-state index in [1.165, 1.54) is 38.8 Å². The van der Waals surface area contributed by atoms with Gasteiger partial charge in [-0.1, -0.05) is 6.42 Å². The fraction of sp³-hybridized carbons (Fsp3) is 0.933. The van der Waals surface area contributed by atoms with Gasteiger partial charge in [0.1, 0.15) is 0 Å². The highest BCUT2D eigenvalue weighted by atomic mass is 15.3. The Bertz CT molecular complexity index is 326. The van der Waals surface area contributed by atoms with Crippen LogP contribution in [0.2, 0.25) is 0 Å². The van der Waals surface area contributed by atoms with Gasteiger partial charge < -0.3 is 15.5 Å². The number of rotatable bonds is 3. The molecule has 0 atom stereocenters. The SMILES string of the molecule is CN=C(NCCNC(C)(C)C)N1CCC2(CCC2)C1. The molecule has 2 rings (SSSR count). The molecule has 19 heavy (non-hydrogen) atoms. The van der Waals surface area contributed by atoms with Crippen LogP contribution in [0.5, 0.6) is 0 Å². The summed E-state index contributed by atoms with van der Waals surface area (Å²) in [6.45, 7) is 10.9. The van der Waals surface area contributed by atoms with E-state index in [1.54, 1.807) is 0 Å². The summed E-state index contributed by atoms with van der Waals surface area (Å²) < 4.78 is 0. The highest BCUT2D eigenvalue weighted by Gasteiger charge is 2.43. The molecule has 0 amide bonds. The Morgan fingerprint density at radius 2 is 1.95 bits per heavy atom. The van der Waals surface area contributed by atoms with Crippen molar-refractivity contribution in [1.29, 1.82) is 0 Å². The summed E-state index contributed by atoms with van der Waals surface area (Å²) in [5, 5.41) is 6.98. The summed E-state index contributed by atoms with van der Waals surface area (Å²) in [7, 11) is 1.89. The molecule has 2 aliphatic rings. The van der Waals surface area contributed by atoms with Crippen molar-refractivity contribution in [2.75, 3.05) is 33.2 Å². The Balaban J connectivity index is 1.72. The minimum absolute atomic E-state index is 0.189. The lowest BCUT2D eigenvalue weighted by Gasteiger charge is -2.38. The highest BCUT2D eigenvalue weighted by Crippen LogP contribution is 2.47. The molecule has 1 spiro atoms. The smallest absolute Gasteiger partial charge is 0.193 e. The molecule has 1 aliphatic carbocycles. The summed E-state index contributed by atoms with van der Waals surface area (Å²) in [5.74, 6) is 1.08. The van der Waals surface area contributed by atoms with E-state index in [4.69, 9.17) is 0 Å². The van der Waals surface area contributed by atoms with Crippen molar-refractivity contribution in [3.8, 4) is 0 Å². The Morgan fingerprint density at radius 1 is 1.21 bits per heavy atom. The third-order valence-corrected chi connectivity index (χ3v) is 4.43. The summed E-state index contributed by atoms with van der Waals surface area (Å²) in [5.41, 5.74) is 0.829. The van der Waals surface area contributed by atoms with Gasteiger partial charge in [0.15, 0.2) is 5.96 Å². The molecule has 2 N–H and O–H groups in total. The Kier molecular flexibility index (Phi) is 4.39. The van der Waals surface area contributed by atoms with Gasteiger partial charge in [-0.15, -0.1) is 0 Å². The average molecular weight is 266 g/mol. The largest absolute Gasteiger partial charge is 0.355 e. The second kappa shape index (κ2) is 5.70. The first-order valence-corrected chi connectivity index (χ1v) is 7.65. The Morgan fingerprint density at radius 3 is 2.42 bits per heavy atom. The van der Waals surface area contributed by atoms with E-state index in [0.29, 0.717) is 5.41 Å². The van der Waals surface area contributed by atoms with Crippen LogP contribution in [0.15, 0.2) is 4.99 Å². The van der Waals surface area contributed by atoms with Crippen molar-refractivity contribution in [1.82, 2.24) is 15.5 Å². The van der Waals surface area contributed by atoms with E-state index in [2.05, 4.69) is 41.3 Å². The molecular weight excluding hydrogens is 236 g/mol. The molecule has 1 saturated carbocycles. The number of hydrogen-bond acceptors (Lipinski definition) is 2. The van der Waals surface area contributed by atoms with E-state index in [0.717, 1.165) is 19.0 Å². The van der Waals surface area contributed by atoms with Crippen LogP contribution in [-0.2, 0) is 0 Å². The maximum absolute atomic E-state index is 4.43. The molecule has 0 aromatic rings. The Labute approximate surface area is 118 Å². The number of hydrogen-bond donors (Lipinski definition) is 2. The standard InChI is InChI=1S/C15H30N4/c1-14(2,3)18-10-9-17-13(16-4)19-11-8-15(12-19)6-5-7-15/h18H,5-12H2,1-4H3,(H,16,17). The molecule has 0 unspecified atom stereocenters. The summed E-state index contributed by atoms with van der Waals surface area (Å²) in [6.07, 6.45) is 5.63. The molecular formula is C15H30N4. The average Bonchev–Trinajstić information content (AvgIpc) is 2.72. The first kappa shape index (κ1) is 14.6. The lowest BCUT2D eigenvalue weighted by atomic mass is 9.68. The second-order valence-electron chi connectivity index (χ2n) is 7.18. The maximum Gasteiger partial charge on any atom is 0.193 e. The third-order valence-electron chi connectivity index (χ3n) is 4.43. The third kappa shape index (κ3) is 3.85. The Hall–Kier alpha value is -0.770. The molecule has 1 saturated heterocycles. The van der Waals surface area contributed by atoms with Crippen LogP contribution in [0.4, 0.5) is 0 Å². The van der Waals surface area contributed by atoms with Crippen LogP contribution in [0.1, 0.15) is 46.5 Å². The number of likely N-dealkylation sites (tertiary alicyclic amines) is 1. The molecule has 1 heterocycles. The van der Waals surface area contributed by atoms with Crippen molar-refractivity contribution >= 4 is 5.96 Å². The van der Waals surface area contributed by atoms with E-state index >= 15 is 0 Å². The van der Waals surface area contributed by atoms with Gasteiger partial charge in [0, 0.05) is 38.8 Å². The van der Waals surface area contributed by atoms with Gasteiger partial charge in [-0.2, -0.15) is 0 Å². The van der Waals surface area contributed by atoms with Crippen LogP contribution in [0.3, 0.4) is 0 Å². The van der Waals surface area contributed by atoms with Gasteiger partial charge in [0.05, 0.1) is 0 Å². The van der Waals surface area contributed by atoms with Gasteiger partial charge in [-0.3, -0.25) is 4.99 Å². The summed E-state index contributed by atoms with van der Waals surface area (Å²) in [4.78, 5) is 6.87. The summed E-state index contributed by atoms with van der Waals surface area (Å²) >= 11 is 0. The van der Waals surface area contributed by atoms with Crippen molar-refractivity contribution < 1.29 is 0 Å². The molecule has 4 heteroatoms. The van der Waals surface area contributed by atoms with Crippen LogP contribution >= 0.6 is 0 Å². The molecule has 4 nitrogen and oxygen atoms in total. The number of guanidine groups is 1. The first-order valence-electron chi connectivity index (χ1n) is 7.65. The van der Waals surface area contributed by atoms with Crippen LogP contribution in [-0.4, -0.2) is 49.6 Å². The lowest BCUT2D eigenvalue weighted by Crippen LogP contribution is -2.46. The van der Waals surface area contributed by atoms with E-state index < -0.39 is 0 Å². The highest BCUT2D eigenvalue weighted by molar-refractivity contribution is 5.80. The summed E-state index contributed by atoms with van der Waals surface area (Å²) in [6, 6.07) is 0. The molecule has 110 valence electrons. The fourth-order valence-electron chi connectivity index (χ4n) is 3.14. The monoisotopic (exact) mass is 266 g/mol. The zero-order chi connectivity index (χ0) is 13.9. The predicted octanol–water partition coefficient (Wildman–Crippen LogP) is 1.83. The lowest BCUT2D eigenvalue weighted by molar-refractivity contribution is 0.151. The fourth-order valence-corrected chi connectivity index (χ4v) is 3.14. The minimum Gasteiger partial charge on any atom is -0.355 e. The number of nitrogens with zero attached hydrogens (tertiary/aromatic N) is 2. The van der Waals surface area contributed by atoms with Gasteiger partial charge in [0.2, 0.25) is 0 Å². The first-order chi connectivity index (χ1) is 8.94. The van der Waals surface area contributed by atoms with E-state index in [1.807, 2.05) is 7.05 Å². The van der Waals surface area contributed by atoms with Gasteiger partial charge >= 0.3 is 0 Å². The zero-order valence-corrected chi connectivity index (χ0v) is 13.1. The normalized spacial score (nSPS) is 22.7. The predicted molar refractivity (Wildman–Crippen MR) is 81.6 cm³/mol. The van der Waals surface area contributed by atoms with Gasteiger partial charge in [-0.05, 0) is 45.4 Å². The van der Waals surface area contributed by atoms with Crippen molar-refractivity contribution in [3.63, 3.8) is 0 Å². The van der Waals surface area contributed by atoms with Crippen LogP contribution < -0.4 is 10.6 Å². The van der Waals surface area contributed by atoms with Crippen molar-refractivity contribution in [2.24, 2.45) is 10.4 Å². The second-order valence-corrected chi connectivity index (χ2v) is 7.18.